The van der Waals surface area contributed by atoms with Gasteiger partial charge >= 0.3 is 6.18 Å². The van der Waals surface area contributed by atoms with Crippen molar-refractivity contribution in [2.45, 2.75) is 32.0 Å². The number of alkyl halides is 3. The number of likely N-dealkylation sites (N-methyl/N-ethyl adjacent to an activating group) is 2. The van der Waals surface area contributed by atoms with Crippen LogP contribution < -0.4 is 10.6 Å². The fourth-order valence-corrected chi connectivity index (χ4v) is 1.12. The second-order valence-corrected chi connectivity index (χ2v) is 3.22. The van der Waals surface area contributed by atoms with Crippen molar-refractivity contribution in [3.8, 4) is 0 Å². The number of amides is 1. The largest absolute Gasteiger partial charge is 0.389 e. The molecule has 16 heavy (non-hydrogen) atoms. The van der Waals surface area contributed by atoms with Gasteiger partial charge in [0.1, 0.15) is 0 Å². The molecule has 0 spiro atoms. The summed E-state index contributed by atoms with van der Waals surface area (Å²) in [4.78, 5) is 22.4. The Morgan fingerprint density at radius 3 is 2.25 bits per heavy atom. The highest BCUT2D eigenvalue weighted by Gasteiger charge is 2.31. The summed E-state index contributed by atoms with van der Waals surface area (Å²) in [6, 6.07) is -1.09. The molecule has 0 aromatic heterocycles. The van der Waals surface area contributed by atoms with Crippen LogP contribution >= 0.6 is 0 Å². The first-order valence-corrected chi connectivity index (χ1v) is 4.88. The number of Topliss-reactive ketones (excluding diaryl/α,β-unsaturated/α-hetero) is 1. The second-order valence-electron chi connectivity index (χ2n) is 3.22. The van der Waals surface area contributed by atoms with Gasteiger partial charge < -0.3 is 10.6 Å². The highest BCUT2D eigenvalue weighted by Crippen LogP contribution is 2.22. The minimum atomic E-state index is -4.32. The zero-order valence-corrected chi connectivity index (χ0v) is 9.15. The maximum atomic E-state index is 11.9. The van der Waals surface area contributed by atoms with Gasteiger partial charge in [-0.1, -0.05) is 0 Å². The monoisotopic (exact) mass is 240 g/mol. The number of carbonyl (C=O) groups excluding carboxylic acids is 2. The second kappa shape index (κ2) is 6.47. The number of hydrogen-bond donors (Lipinski definition) is 2. The average molecular weight is 240 g/mol. The average Bonchev–Trinajstić information content (AvgIpc) is 2.17. The van der Waals surface area contributed by atoms with E-state index in [1.807, 2.05) is 0 Å². The zero-order valence-electron chi connectivity index (χ0n) is 9.15. The van der Waals surface area contributed by atoms with Crippen molar-refractivity contribution in [3.05, 3.63) is 0 Å². The molecule has 0 heterocycles. The first kappa shape index (κ1) is 14.9. The SMILES string of the molecule is CCNC(=O)C(=O)C(CCC(F)(F)F)NC. The molecule has 0 aromatic rings. The van der Waals surface area contributed by atoms with Crippen molar-refractivity contribution >= 4 is 11.7 Å². The molecule has 1 atom stereocenters. The molecule has 7 heteroatoms. The van der Waals surface area contributed by atoms with Crippen molar-refractivity contribution in [2.24, 2.45) is 0 Å². The van der Waals surface area contributed by atoms with E-state index >= 15 is 0 Å². The van der Waals surface area contributed by atoms with Crippen molar-refractivity contribution in [2.75, 3.05) is 13.6 Å². The normalized spacial score (nSPS) is 13.3. The highest BCUT2D eigenvalue weighted by molar-refractivity contribution is 6.38. The Kier molecular flexibility index (Phi) is 6.02. The van der Waals surface area contributed by atoms with Crippen LogP contribution in [0.2, 0.25) is 0 Å². The van der Waals surface area contributed by atoms with Crippen LogP contribution in [0.25, 0.3) is 0 Å². The fraction of sp³-hybridized carbons (Fsp3) is 0.778. The summed E-state index contributed by atoms with van der Waals surface area (Å²) in [5, 5.41) is 4.65. The van der Waals surface area contributed by atoms with E-state index in [1.54, 1.807) is 6.92 Å². The van der Waals surface area contributed by atoms with Crippen molar-refractivity contribution in [3.63, 3.8) is 0 Å². The number of ketones is 1. The third-order valence-electron chi connectivity index (χ3n) is 1.94. The molecule has 0 rings (SSSR count). The van der Waals surface area contributed by atoms with Gasteiger partial charge in [-0.05, 0) is 20.4 Å². The van der Waals surface area contributed by atoms with Gasteiger partial charge in [-0.2, -0.15) is 13.2 Å². The van der Waals surface area contributed by atoms with Crippen LogP contribution in [0.15, 0.2) is 0 Å². The Balaban J connectivity index is 4.28. The number of nitrogens with one attached hydrogen (secondary N) is 2. The summed E-state index contributed by atoms with van der Waals surface area (Å²) in [6.07, 6.45) is -5.85. The molecule has 0 bridgehead atoms. The van der Waals surface area contributed by atoms with Crippen molar-refractivity contribution < 1.29 is 22.8 Å². The van der Waals surface area contributed by atoms with Gasteiger partial charge in [0.15, 0.2) is 0 Å². The van der Waals surface area contributed by atoms with Crippen LogP contribution in [0, 0.1) is 0 Å². The number of hydrogen-bond acceptors (Lipinski definition) is 3. The third kappa shape index (κ3) is 5.69. The number of halogens is 3. The molecule has 0 radical (unpaired) electrons. The van der Waals surface area contributed by atoms with Gasteiger partial charge in [0, 0.05) is 13.0 Å². The summed E-state index contributed by atoms with van der Waals surface area (Å²) < 4.78 is 35.8. The minimum Gasteiger partial charge on any atom is -0.350 e. The molecule has 4 nitrogen and oxygen atoms in total. The lowest BCUT2D eigenvalue weighted by Gasteiger charge is -2.15. The molecule has 1 amide bonds. The number of carbonyl (C=O) groups is 2. The van der Waals surface area contributed by atoms with Crippen LogP contribution in [-0.2, 0) is 9.59 Å². The predicted molar refractivity (Wildman–Crippen MR) is 51.8 cm³/mol. The molecule has 94 valence electrons. The third-order valence-corrected chi connectivity index (χ3v) is 1.94. The smallest absolute Gasteiger partial charge is 0.350 e. The van der Waals surface area contributed by atoms with E-state index in [2.05, 4.69) is 10.6 Å². The van der Waals surface area contributed by atoms with Crippen molar-refractivity contribution in [1.82, 2.24) is 10.6 Å². The van der Waals surface area contributed by atoms with E-state index in [1.165, 1.54) is 7.05 Å². The van der Waals surface area contributed by atoms with Gasteiger partial charge in [-0.3, -0.25) is 9.59 Å². The maximum absolute atomic E-state index is 11.9. The Morgan fingerprint density at radius 1 is 1.31 bits per heavy atom. The molecular formula is C9H15F3N2O2. The first-order chi connectivity index (χ1) is 7.31. The first-order valence-electron chi connectivity index (χ1n) is 4.88. The lowest BCUT2D eigenvalue weighted by molar-refractivity contribution is -0.144. The molecular weight excluding hydrogens is 225 g/mol. The summed E-state index contributed by atoms with van der Waals surface area (Å²) in [6.45, 7) is 1.88. The van der Waals surface area contributed by atoms with Crippen LogP contribution in [0.4, 0.5) is 13.2 Å². The molecule has 0 aromatic carbocycles. The van der Waals surface area contributed by atoms with Crippen LogP contribution in [0.5, 0.6) is 0 Å². The van der Waals surface area contributed by atoms with E-state index in [0.717, 1.165) is 0 Å². The van der Waals surface area contributed by atoms with E-state index < -0.39 is 36.8 Å². The Hall–Kier alpha value is -1.11. The Bertz CT molecular complexity index is 254. The summed E-state index contributed by atoms with van der Waals surface area (Å²) >= 11 is 0. The number of rotatable bonds is 6. The predicted octanol–water partition coefficient (Wildman–Crippen LogP) is 0.622. The molecule has 2 N–H and O–H groups in total. The molecule has 1 unspecified atom stereocenters. The lowest BCUT2D eigenvalue weighted by Crippen LogP contribution is -2.44. The molecule has 0 saturated heterocycles. The van der Waals surface area contributed by atoms with E-state index in [4.69, 9.17) is 0 Å². The summed E-state index contributed by atoms with van der Waals surface area (Å²) in [7, 11) is 1.35. The fourth-order valence-electron chi connectivity index (χ4n) is 1.12. The van der Waals surface area contributed by atoms with E-state index in [0.29, 0.717) is 0 Å². The maximum Gasteiger partial charge on any atom is 0.389 e. The molecule has 0 aliphatic carbocycles. The van der Waals surface area contributed by atoms with Crippen molar-refractivity contribution in [1.29, 1.82) is 0 Å². The molecule has 0 saturated carbocycles. The summed E-state index contributed by atoms with van der Waals surface area (Å²) in [5.74, 6) is -1.72. The summed E-state index contributed by atoms with van der Waals surface area (Å²) in [5.41, 5.74) is 0. The Morgan fingerprint density at radius 2 is 1.88 bits per heavy atom. The van der Waals surface area contributed by atoms with E-state index in [-0.39, 0.29) is 6.54 Å². The van der Waals surface area contributed by atoms with Gasteiger partial charge in [0.2, 0.25) is 5.78 Å². The van der Waals surface area contributed by atoms with Crippen LogP contribution in [-0.4, -0.2) is 37.5 Å². The lowest BCUT2D eigenvalue weighted by atomic mass is 10.1. The minimum absolute atomic E-state index is 0.264. The zero-order chi connectivity index (χ0) is 12.8. The van der Waals surface area contributed by atoms with Crippen LogP contribution in [0.3, 0.4) is 0 Å². The van der Waals surface area contributed by atoms with Gasteiger partial charge in [0.05, 0.1) is 6.04 Å². The van der Waals surface area contributed by atoms with Gasteiger partial charge in [0.25, 0.3) is 5.91 Å². The van der Waals surface area contributed by atoms with E-state index in [9.17, 15) is 22.8 Å². The van der Waals surface area contributed by atoms with Crippen LogP contribution in [0.1, 0.15) is 19.8 Å². The molecule has 0 aliphatic rings. The Labute approximate surface area is 91.6 Å². The quantitative estimate of drug-likeness (QED) is 0.669. The molecule has 0 aliphatic heterocycles. The standard InChI is InChI=1S/C9H15F3N2O2/c1-3-14-8(16)7(15)6(13-2)4-5-9(10,11)12/h6,13H,3-5H2,1-2H3,(H,14,16). The van der Waals surface area contributed by atoms with Gasteiger partial charge in [-0.15, -0.1) is 0 Å². The topological polar surface area (TPSA) is 58.2 Å². The molecule has 0 fully saturated rings. The van der Waals surface area contributed by atoms with Gasteiger partial charge in [-0.25, -0.2) is 0 Å². The highest BCUT2D eigenvalue weighted by atomic mass is 19.4.